The van der Waals surface area contributed by atoms with E-state index in [1.165, 1.54) is 6.92 Å². The van der Waals surface area contributed by atoms with Gasteiger partial charge in [-0.15, -0.1) is 0 Å². The molecule has 0 aliphatic heterocycles. The first-order chi connectivity index (χ1) is 10.6. The van der Waals surface area contributed by atoms with Crippen molar-refractivity contribution in [1.82, 2.24) is 0 Å². The summed E-state index contributed by atoms with van der Waals surface area (Å²) >= 11 is 0. The number of carbonyl (C=O) groups is 1. The van der Waals surface area contributed by atoms with Crippen LogP contribution in [0.25, 0.3) is 0 Å². The maximum atomic E-state index is 11.2. The van der Waals surface area contributed by atoms with E-state index in [0.29, 0.717) is 0 Å². The van der Waals surface area contributed by atoms with Crippen LogP contribution in [0.2, 0.25) is 0 Å². The zero-order chi connectivity index (χ0) is 15.8. The molecule has 0 saturated heterocycles. The van der Waals surface area contributed by atoms with Gasteiger partial charge in [0.05, 0.1) is 0 Å². The van der Waals surface area contributed by atoms with Crippen LogP contribution in [-0.4, -0.2) is 17.7 Å². The molecular formula is C19H18O3. The molecule has 0 saturated carbocycles. The summed E-state index contributed by atoms with van der Waals surface area (Å²) in [5.41, 5.74) is 0.372. The number of benzene rings is 2. The SMILES string of the molecule is CC(=O)OCC#CCC(O)(c1ccccc1)c1ccccc1. The summed E-state index contributed by atoms with van der Waals surface area (Å²) in [4.78, 5) is 10.7. The Morgan fingerprint density at radius 3 is 1.95 bits per heavy atom. The number of carbonyl (C=O) groups excluding carboxylic acids is 1. The highest BCUT2D eigenvalue weighted by Crippen LogP contribution is 2.32. The van der Waals surface area contributed by atoms with Crippen LogP contribution >= 0.6 is 0 Å². The Labute approximate surface area is 130 Å². The van der Waals surface area contributed by atoms with Crippen molar-refractivity contribution in [3.63, 3.8) is 0 Å². The summed E-state index contributed by atoms with van der Waals surface area (Å²) in [6, 6.07) is 18.8. The third-order valence-electron chi connectivity index (χ3n) is 3.32. The fourth-order valence-electron chi connectivity index (χ4n) is 2.18. The maximum Gasteiger partial charge on any atom is 0.303 e. The minimum Gasteiger partial charge on any atom is -0.453 e. The zero-order valence-electron chi connectivity index (χ0n) is 12.5. The fourth-order valence-corrected chi connectivity index (χ4v) is 2.18. The van der Waals surface area contributed by atoms with E-state index in [2.05, 4.69) is 11.8 Å². The Bertz CT molecular complexity index is 627. The van der Waals surface area contributed by atoms with Crippen molar-refractivity contribution in [1.29, 1.82) is 0 Å². The molecule has 0 atom stereocenters. The van der Waals surface area contributed by atoms with E-state index in [0.717, 1.165) is 11.1 Å². The lowest BCUT2D eigenvalue weighted by molar-refractivity contribution is -0.139. The number of rotatable bonds is 4. The van der Waals surface area contributed by atoms with E-state index in [1.807, 2.05) is 60.7 Å². The summed E-state index contributed by atoms with van der Waals surface area (Å²) in [5, 5.41) is 11.2. The van der Waals surface area contributed by atoms with Crippen LogP contribution < -0.4 is 0 Å². The molecule has 0 aromatic heterocycles. The van der Waals surface area contributed by atoms with Crippen molar-refractivity contribution in [2.75, 3.05) is 6.61 Å². The molecule has 1 N–H and O–H groups in total. The minimum absolute atomic E-state index is 0.0367. The lowest BCUT2D eigenvalue weighted by Crippen LogP contribution is -2.26. The molecule has 0 fully saturated rings. The van der Waals surface area contributed by atoms with Crippen LogP contribution in [0.4, 0.5) is 0 Å². The Hall–Kier alpha value is -2.57. The van der Waals surface area contributed by atoms with Gasteiger partial charge in [-0.3, -0.25) is 4.79 Å². The van der Waals surface area contributed by atoms with Gasteiger partial charge in [0.2, 0.25) is 0 Å². The molecule has 2 aromatic rings. The smallest absolute Gasteiger partial charge is 0.303 e. The van der Waals surface area contributed by atoms with Gasteiger partial charge in [-0.05, 0) is 11.1 Å². The van der Waals surface area contributed by atoms with Gasteiger partial charge in [-0.25, -0.2) is 0 Å². The normalized spacial score (nSPS) is 10.5. The Morgan fingerprint density at radius 2 is 1.50 bits per heavy atom. The summed E-state index contributed by atoms with van der Waals surface area (Å²) in [6.07, 6.45) is 0.224. The topological polar surface area (TPSA) is 46.5 Å². The van der Waals surface area contributed by atoms with Crippen LogP contribution in [0.15, 0.2) is 60.7 Å². The van der Waals surface area contributed by atoms with E-state index in [1.54, 1.807) is 0 Å². The molecule has 0 heterocycles. The Kier molecular flexibility index (Phi) is 5.35. The predicted octanol–water partition coefficient (Wildman–Crippen LogP) is 2.88. The number of esters is 1. The lowest BCUT2D eigenvalue weighted by atomic mass is 9.84. The van der Waals surface area contributed by atoms with E-state index in [-0.39, 0.29) is 19.0 Å². The Morgan fingerprint density at radius 1 is 1.00 bits per heavy atom. The summed E-state index contributed by atoms with van der Waals surface area (Å²) in [5.74, 6) is 5.29. The van der Waals surface area contributed by atoms with Crippen molar-refractivity contribution in [2.45, 2.75) is 18.9 Å². The molecule has 0 bridgehead atoms. The van der Waals surface area contributed by atoms with Gasteiger partial charge in [0.15, 0.2) is 6.61 Å². The molecule has 0 unspecified atom stereocenters. The number of aliphatic hydroxyl groups is 1. The molecule has 2 rings (SSSR count). The predicted molar refractivity (Wildman–Crippen MR) is 84.9 cm³/mol. The first-order valence-electron chi connectivity index (χ1n) is 7.05. The molecule has 3 nitrogen and oxygen atoms in total. The van der Waals surface area contributed by atoms with E-state index in [4.69, 9.17) is 4.74 Å². The highest BCUT2D eigenvalue weighted by atomic mass is 16.5. The first-order valence-corrected chi connectivity index (χ1v) is 7.05. The van der Waals surface area contributed by atoms with Crippen molar-refractivity contribution < 1.29 is 14.6 Å². The second kappa shape index (κ2) is 7.44. The highest BCUT2D eigenvalue weighted by Gasteiger charge is 2.30. The molecule has 0 spiro atoms. The zero-order valence-corrected chi connectivity index (χ0v) is 12.5. The van der Waals surface area contributed by atoms with Crippen molar-refractivity contribution >= 4 is 5.97 Å². The fraction of sp³-hybridized carbons (Fsp3) is 0.211. The van der Waals surface area contributed by atoms with Gasteiger partial charge in [0, 0.05) is 13.3 Å². The number of ether oxygens (including phenoxy) is 1. The van der Waals surface area contributed by atoms with E-state index < -0.39 is 5.60 Å². The van der Waals surface area contributed by atoms with Crippen LogP contribution in [0.5, 0.6) is 0 Å². The molecule has 2 aromatic carbocycles. The number of hydrogen-bond donors (Lipinski definition) is 1. The average molecular weight is 294 g/mol. The standard InChI is InChI=1S/C19H18O3/c1-16(20)22-15-9-8-14-19(21,17-10-4-2-5-11-17)18-12-6-3-7-13-18/h2-7,10-13,21H,14-15H2,1H3. The van der Waals surface area contributed by atoms with Crippen LogP contribution in [0, 0.1) is 11.8 Å². The molecular weight excluding hydrogens is 276 g/mol. The molecule has 22 heavy (non-hydrogen) atoms. The van der Waals surface area contributed by atoms with Crippen LogP contribution in [0.3, 0.4) is 0 Å². The lowest BCUT2D eigenvalue weighted by Gasteiger charge is -2.27. The van der Waals surface area contributed by atoms with E-state index in [9.17, 15) is 9.90 Å². The second-order valence-electron chi connectivity index (χ2n) is 4.90. The van der Waals surface area contributed by atoms with Crippen LogP contribution in [-0.2, 0) is 15.1 Å². The average Bonchev–Trinajstić information content (AvgIpc) is 2.55. The quantitative estimate of drug-likeness (QED) is 0.696. The van der Waals surface area contributed by atoms with Crippen molar-refractivity contribution in [3.05, 3.63) is 71.8 Å². The maximum absolute atomic E-state index is 11.2. The minimum atomic E-state index is -1.19. The second-order valence-corrected chi connectivity index (χ2v) is 4.90. The van der Waals surface area contributed by atoms with Crippen LogP contribution in [0.1, 0.15) is 24.5 Å². The largest absolute Gasteiger partial charge is 0.453 e. The molecule has 0 radical (unpaired) electrons. The number of hydrogen-bond acceptors (Lipinski definition) is 3. The van der Waals surface area contributed by atoms with Gasteiger partial charge in [-0.1, -0.05) is 72.5 Å². The summed E-state index contributed by atoms with van der Waals surface area (Å²) in [6.45, 7) is 1.38. The molecule has 0 aliphatic rings. The summed E-state index contributed by atoms with van der Waals surface area (Å²) in [7, 11) is 0. The van der Waals surface area contributed by atoms with Gasteiger partial charge < -0.3 is 9.84 Å². The monoisotopic (exact) mass is 294 g/mol. The van der Waals surface area contributed by atoms with Crippen molar-refractivity contribution in [3.8, 4) is 11.8 Å². The molecule has 0 amide bonds. The first kappa shape index (κ1) is 15.8. The van der Waals surface area contributed by atoms with Gasteiger partial charge >= 0.3 is 5.97 Å². The summed E-state index contributed by atoms with van der Waals surface area (Å²) < 4.78 is 4.77. The highest BCUT2D eigenvalue weighted by molar-refractivity contribution is 5.66. The molecule has 0 aliphatic carbocycles. The molecule has 3 heteroatoms. The van der Waals surface area contributed by atoms with Gasteiger partial charge in [-0.2, -0.15) is 0 Å². The van der Waals surface area contributed by atoms with Gasteiger partial charge in [0.25, 0.3) is 0 Å². The molecule has 112 valence electrons. The third-order valence-corrected chi connectivity index (χ3v) is 3.32. The van der Waals surface area contributed by atoms with Gasteiger partial charge in [0.1, 0.15) is 5.60 Å². The third kappa shape index (κ3) is 3.97. The Balaban J connectivity index is 2.25. The van der Waals surface area contributed by atoms with Crippen molar-refractivity contribution in [2.24, 2.45) is 0 Å². The van der Waals surface area contributed by atoms with E-state index >= 15 is 0 Å².